The van der Waals surface area contributed by atoms with E-state index >= 15 is 0 Å². The van der Waals surface area contributed by atoms with Crippen molar-refractivity contribution in [3.05, 3.63) is 45.1 Å². The van der Waals surface area contributed by atoms with E-state index in [1.807, 2.05) is 0 Å². The van der Waals surface area contributed by atoms with Gasteiger partial charge in [-0.3, -0.25) is 14.9 Å². The Labute approximate surface area is 103 Å². The second-order valence-corrected chi connectivity index (χ2v) is 4.02. The van der Waals surface area contributed by atoms with Gasteiger partial charge in [0, 0.05) is 37.0 Å². The van der Waals surface area contributed by atoms with Crippen molar-refractivity contribution in [1.82, 2.24) is 4.90 Å². The largest absolute Gasteiger partial charge is 0.383 e. The van der Waals surface area contributed by atoms with Crippen molar-refractivity contribution in [2.75, 3.05) is 14.1 Å². The smallest absolute Gasteiger partial charge is 0.278 e. The summed E-state index contributed by atoms with van der Waals surface area (Å²) in [6, 6.07) is 4.20. The van der Waals surface area contributed by atoms with Gasteiger partial charge in [0.25, 0.3) is 5.69 Å². The van der Waals surface area contributed by atoms with Crippen molar-refractivity contribution in [2.45, 2.75) is 0 Å². The van der Waals surface area contributed by atoms with Gasteiger partial charge in [0.05, 0.1) is 10.5 Å². The van der Waals surface area contributed by atoms with Gasteiger partial charge >= 0.3 is 0 Å². The summed E-state index contributed by atoms with van der Waals surface area (Å²) < 4.78 is 0. The molecule has 0 fully saturated rings. The number of hydrogen-bond acceptors (Lipinski definition) is 4. The molecule has 5 nitrogen and oxygen atoms in total. The van der Waals surface area contributed by atoms with Crippen LogP contribution in [-0.4, -0.2) is 30.2 Å². The number of hydrogen-bond donors (Lipinski definition) is 0. The first-order chi connectivity index (χ1) is 7.95. The zero-order chi connectivity index (χ0) is 13.0. The van der Waals surface area contributed by atoms with Gasteiger partial charge in [-0.2, -0.15) is 0 Å². The normalized spacial score (nSPS) is 11.1. The summed E-state index contributed by atoms with van der Waals surface area (Å²) in [5.74, 6) is 0. The highest BCUT2D eigenvalue weighted by molar-refractivity contribution is 6.31. The third-order valence-electron chi connectivity index (χ3n) is 1.99. The summed E-state index contributed by atoms with van der Waals surface area (Å²) >= 11 is 5.69. The number of nitrogens with zero attached hydrogens (tertiary/aromatic N) is 2. The number of benzene rings is 1. The van der Waals surface area contributed by atoms with Crippen molar-refractivity contribution in [2.24, 2.45) is 0 Å². The zero-order valence-electron chi connectivity index (χ0n) is 9.38. The molecule has 17 heavy (non-hydrogen) atoms. The standard InChI is InChI=1S/C11H11ClN2O3/c1-13(2)6-8(7-15)10-4-3-9(12)5-11(10)14(16)17/h3-7H,1-2H3/b8-6-. The van der Waals surface area contributed by atoms with Crippen LogP contribution < -0.4 is 0 Å². The van der Waals surface area contributed by atoms with Crippen LogP contribution >= 0.6 is 11.6 Å². The van der Waals surface area contributed by atoms with Gasteiger partial charge in [-0.05, 0) is 12.1 Å². The second kappa shape index (κ2) is 5.45. The average molecular weight is 255 g/mol. The molecule has 6 heteroatoms. The molecule has 0 aliphatic carbocycles. The highest BCUT2D eigenvalue weighted by Crippen LogP contribution is 2.28. The molecule has 0 aromatic heterocycles. The van der Waals surface area contributed by atoms with Crippen LogP contribution in [0.2, 0.25) is 5.02 Å². The molecule has 1 aromatic rings. The van der Waals surface area contributed by atoms with E-state index in [4.69, 9.17) is 11.6 Å². The van der Waals surface area contributed by atoms with Gasteiger partial charge in [0.15, 0.2) is 6.29 Å². The fraction of sp³-hybridized carbons (Fsp3) is 0.182. The highest BCUT2D eigenvalue weighted by atomic mass is 35.5. The predicted octanol–water partition coefficient (Wildman–Crippen LogP) is 2.35. The average Bonchev–Trinajstić information content (AvgIpc) is 2.25. The van der Waals surface area contributed by atoms with Gasteiger partial charge in [-0.1, -0.05) is 11.6 Å². The van der Waals surface area contributed by atoms with Crippen LogP contribution in [0.1, 0.15) is 5.56 Å². The van der Waals surface area contributed by atoms with Crippen LogP contribution in [0.25, 0.3) is 5.57 Å². The fourth-order valence-corrected chi connectivity index (χ4v) is 1.51. The van der Waals surface area contributed by atoms with Crippen molar-refractivity contribution in [1.29, 1.82) is 0 Å². The molecule has 0 saturated heterocycles. The number of nitro groups is 1. The van der Waals surface area contributed by atoms with Gasteiger partial charge in [0.2, 0.25) is 0 Å². The molecular formula is C11H11ClN2O3. The van der Waals surface area contributed by atoms with Crippen LogP contribution in [0.15, 0.2) is 24.4 Å². The highest BCUT2D eigenvalue weighted by Gasteiger charge is 2.17. The van der Waals surface area contributed by atoms with Gasteiger partial charge < -0.3 is 4.90 Å². The SMILES string of the molecule is CN(C)/C=C(/C=O)c1ccc(Cl)cc1[N+](=O)[O-]. The number of carbonyl (C=O) groups is 1. The molecule has 0 heterocycles. The van der Waals surface area contributed by atoms with Gasteiger partial charge in [0.1, 0.15) is 0 Å². The van der Waals surface area contributed by atoms with E-state index in [0.717, 1.165) is 0 Å². The maximum absolute atomic E-state index is 11.0. The maximum atomic E-state index is 11.0. The van der Waals surface area contributed by atoms with Crippen LogP contribution in [0.5, 0.6) is 0 Å². The first-order valence-electron chi connectivity index (χ1n) is 4.73. The van der Waals surface area contributed by atoms with Crippen molar-refractivity contribution < 1.29 is 9.72 Å². The predicted molar refractivity (Wildman–Crippen MR) is 65.8 cm³/mol. The van der Waals surface area contributed by atoms with E-state index in [1.165, 1.54) is 24.4 Å². The zero-order valence-corrected chi connectivity index (χ0v) is 10.1. The van der Waals surface area contributed by atoms with E-state index in [0.29, 0.717) is 6.29 Å². The Morgan fingerprint density at radius 3 is 2.59 bits per heavy atom. The number of allylic oxidation sites excluding steroid dienone is 1. The topological polar surface area (TPSA) is 63.5 Å². The number of rotatable bonds is 4. The Morgan fingerprint density at radius 2 is 2.12 bits per heavy atom. The molecule has 1 aromatic carbocycles. The Balaban J connectivity index is 3.38. The van der Waals surface area contributed by atoms with Crippen LogP contribution in [0.3, 0.4) is 0 Å². The number of carbonyl (C=O) groups excluding carboxylic acids is 1. The molecule has 0 atom stereocenters. The molecule has 0 N–H and O–H groups in total. The molecule has 0 spiro atoms. The fourth-order valence-electron chi connectivity index (χ4n) is 1.34. The molecular weight excluding hydrogens is 244 g/mol. The third kappa shape index (κ3) is 3.29. The molecule has 0 aliphatic rings. The quantitative estimate of drug-likeness (QED) is 0.358. The molecule has 0 aliphatic heterocycles. The summed E-state index contributed by atoms with van der Waals surface area (Å²) in [6.45, 7) is 0. The molecule has 0 amide bonds. The minimum absolute atomic E-state index is 0.183. The Morgan fingerprint density at radius 1 is 1.47 bits per heavy atom. The molecule has 90 valence electrons. The lowest BCUT2D eigenvalue weighted by Crippen LogP contribution is -2.04. The van der Waals surface area contributed by atoms with Gasteiger partial charge in [-0.25, -0.2) is 0 Å². The van der Waals surface area contributed by atoms with E-state index in [1.54, 1.807) is 19.0 Å². The van der Waals surface area contributed by atoms with Crippen LogP contribution in [0.4, 0.5) is 5.69 Å². The minimum atomic E-state index is -0.561. The summed E-state index contributed by atoms with van der Waals surface area (Å²) in [5, 5.41) is 11.1. The Bertz CT molecular complexity index is 484. The molecule has 0 unspecified atom stereocenters. The number of halogens is 1. The lowest BCUT2D eigenvalue weighted by atomic mass is 10.1. The summed E-state index contributed by atoms with van der Waals surface area (Å²) in [4.78, 5) is 22.9. The molecule has 0 saturated carbocycles. The lowest BCUT2D eigenvalue weighted by molar-refractivity contribution is -0.385. The van der Waals surface area contributed by atoms with Gasteiger partial charge in [-0.15, -0.1) is 0 Å². The molecule has 1 rings (SSSR count). The number of nitro benzene ring substituents is 1. The van der Waals surface area contributed by atoms with Crippen LogP contribution in [-0.2, 0) is 4.79 Å². The van der Waals surface area contributed by atoms with E-state index in [9.17, 15) is 14.9 Å². The summed E-state index contributed by atoms with van der Waals surface area (Å²) in [7, 11) is 3.45. The van der Waals surface area contributed by atoms with E-state index in [2.05, 4.69) is 0 Å². The Hall–Kier alpha value is -1.88. The monoisotopic (exact) mass is 254 g/mol. The summed E-state index contributed by atoms with van der Waals surface area (Å²) in [5.41, 5.74) is 0.305. The summed E-state index contributed by atoms with van der Waals surface area (Å²) in [6.07, 6.45) is 2.10. The lowest BCUT2D eigenvalue weighted by Gasteiger charge is -2.08. The molecule has 0 radical (unpaired) electrons. The first-order valence-corrected chi connectivity index (χ1v) is 5.11. The van der Waals surface area contributed by atoms with E-state index < -0.39 is 4.92 Å². The van der Waals surface area contributed by atoms with E-state index in [-0.39, 0.29) is 21.8 Å². The van der Waals surface area contributed by atoms with Crippen molar-refractivity contribution in [3.63, 3.8) is 0 Å². The first kappa shape index (κ1) is 13.2. The van der Waals surface area contributed by atoms with Crippen LogP contribution in [0, 0.1) is 10.1 Å². The maximum Gasteiger partial charge on any atom is 0.278 e. The number of aldehydes is 1. The third-order valence-corrected chi connectivity index (χ3v) is 2.23. The molecule has 0 bridgehead atoms. The Kier molecular flexibility index (Phi) is 4.23. The second-order valence-electron chi connectivity index (χ2n) is 3.58. The van der Waals surface area contributed by atoms with Crippen molar-refractivity contribution >= 4 is 29.1 Å². The van der Waals surface area contributed by atoms with Crippen molar-refractivity contribution in [3.8, 4) is 0 Å². The minimum Gasteiger partial charge on any atom is -0.383 e.